The molecule has 0 saturated heterocycles. The first-order valence-corrected chi connectivity index (χ1v) is 11.6. The summed E-state index contributed by atoms with van der Waals surface area (Å²) in [6.45, 7) is 0. The molecule has 0 bridgehead atoms. The van der Waals surface area contributed by atoms with Gasteiger partial charge in [-0.05, 0) is 46.0 Å². The standard InChI is InChI=1S/C27H24N2O.C2HF3O2/c28-27(23-8-2-1-3-9-23)18-25(27)21-12-14-24(15-13-21)29-26(30)17-19-10-11-20-6-4-5-7-22(20)16-19;3-2(4,5)1(6)7/h1-16,25H,17-18,28H2,(H,29,30);(H,6,7). The Balaban J connectivity index is 0.000000405. The molecule has 0 aromatic heterocycles. The summed E-state index contributed by atoms with van der Waals surface area (Å²) in [7, 11) is 0. The number of nitrogens with two attached hydrogens (primary N) is 1. The fraction of sp³-hybridized carbons (Fsp3) is 0.172. The second kappa shape index (κ2) is 10.4. The number of rotatable bonds is 5. The van der Waals surface area contributed by atoms with Crippen LogP contribution < -0.4 is 11.1 Å². The van der Waals surface area contributed by atoms with Gasteiger partial charge in [-0.1, -0.05) is 84.9 Å². The van der Waals surface area contributed by atoms with Gasteiger partial charge in [0.15, 0.2) is 0 Å². The van der Waals surface area contributed by atoms with Crippen molar-refractivity contribution in [2.24, 2.45) is 5.73 Å². The number of amides is 1. The lowest BCUT2D eigenvalue weighted by molar-refractivity contribution is -0.192. The molecule has 0 heterocycles. The lowest BCUT2D eigenvalue weighted by Gasteiger charge is -2.13. The monoisotopic (exact) mass is 506 g/mol. The number of aliphatic carboxylic acids is 1. The zero-order valence-corrected chi connectivity index (χ0v) is 19.7. The summed E-state index contributed by atoms with van der Waals surface area (Å²) in [6.07, 6.45) is -3.78. The molecule has 4 aromatic carbocycles. The number of hydrogen-bond donors (Lipinski definition) is 3. The third-order valence-electron chi connectivity index (χ3n) is 6.33. The highest BCUT2D eigenvalue weighted by Crippen LogP contribution is 2.56. The quantitative estimate of drug-likeness (QED) is 0.310. The zero-order valence-electron chi connectivity index (χ0n) is 19.7. The third kappa shape index (κ3) is 6.34. The van der Waals surface area contributed by atoms with E-state index in [0.717, 1.165) is 23.1 Å². The Bertz CT molecular complexity index is 1410. The molecule has 1 aliphatic carbocycles. The van der Waals surface area contributed by atoms with E-state index in [1.54, 1.807) is 0 Å². The van der Waals surface area contributed by atoms with Crippen LogP contribution in [0.2, 0.25) is 0 Å². The summed E-state index contributed by atoms with van der Waals surface area (Å²) in [5, 5.41) is 12.5. The van der Waals surface area contributed by atoms with Crippen LogP contribution in [0.3, 0.4) is 0 Å². The molecule has 1 amide bonds. The van der Waals surface area contributed by atoms with Gasteiger partial charge in [0.25, 0.3) is 0 Å². The van der Waals surface area contributed by atoms with Gasteiger partial charge in [-0.15, -0.1) is 0 Å². The minimum Gasteiger partial charge on any atom is -0.475 e. The first kappa shape index (κ1) is 25.9. The molecule has 0 radical (unpaired) electrons. The van der Waals surface area contributed by atoms with Crippen LogP contribution in [0.15, 0.2) is 97.1 Å². The Morgan fingerprint density at radius 2 is 1.49 bits per heavy atom. The van der Waals surface area contributed by atoms with Crippen molar-refractivity contribution in [3.8, 4) is 0 Å². The van der Waals surface area contributed by atoms with Gasteiger partial charge in [-0.2, -0.15) is 13.2 Å². The number of carboxylic acid groups (broad SMARTS) is 1. The first-order chi connectivity index (χ1) is 17.6. The second-order valence-electron chi connectivity index (χ2n) is 8.99. The number of carboxylic acids is 1. The minimum absolute atomic E-state index is 0.0121. The fourth-order valence-corrected chi connectivity index (χ4v) is 4.30. The molecule has 0 spiro atoms. The average molecular weight is 507 g/mol. The Labute approximate surface area is 211 Å². The van der Waals surface area contributed by atoms with Crippen LogP contribution in [-0.4, -0.2) is 23.2 Å². The van der Waals surface area contributed by atoms with Gasteiger partial charge in [0.2, 0.25) is 5.91 Å². The largest absolute Gasteiger partial charge is 0.490 e. The van der Waals surface area contributed by atoms with Gasteiger partial charge in [-0.3, -0.25) is 4.79 Å². The molecule has 190 valence electrons. The van der Waals surface area contributed by atoms with Crippen LogP contribution in [0.5, 0.6) is 0 Å². The van der Waals surface area contributed by atoms with Gasteiger partial charge >= 0.3 is 12.1 Å². The highest BCUT2D eigenvalue weighted by molar-refractivity contribution is 5.93. The highest BCUT2D eigenvalue weighted by Gasteiger charge is 2.52. The maximum Gasteiger partial charge on any atom is 0.490 e. The van der Waals surface area contributed by atoms with Crippen molar-refractivity contribution in [3.63, 3.8) is 0 Å². The number of fused-ring (bicyclic) bond motifs is 1. The molecular formula is C29H25F3N2O3. The summed E-state index contributed by atoms with van der Waals surface area (Å²) in [6, 6.07) is 32.7. The number of benzene rings is 4. The van der Waals surface area contributed by atoms with Crippen LogP contribution in [0.25, 0.3) is 10.8 Å². The van der Waals surface area contributed by atoms with Gasteiger partial charge in [0, 0.05) is 17.1 Å². The molecule has 1 saturated carbocycles. The van der Waals surface area contributed by atoms with E-state index in [0.29, 0.717) is 12.3 Å². The third-order valence-corrected chi connectivity index (χ3v) is 6.33. The van der Waals surface area contributed by atoms with E-state index >= 15 is 0 Å². The van der Waals surface area contributed by atoms with Crippen LogP contribution in [0, 0.1) is 0 Å². The number of halogens is 3. The van der Waals surface area contributed by atoms with E-state index < -0.39 is 12.1 Å². The fourth-order valence-electron chi connectivity index (χ4n) is 4.30. The normalized spacial score (nSPS) is 18.4. The number of carbonyl (C=O) groups excluding carboxylic acids is 1. The van der Waals surface area contributed by atoms with Crippen molar-refractivity contribution in [2.75, 3.05) is 5.32 Å². The van der Waals surface area contributed by atoms with Crippen molar-refractivity contribution in [3.05, 3.63) is 114 Å². The van der Waals surface area contributed by atoms with Crippen LogP contribution >= 0.6 is 0 Å². The summed E-state index contributed by atoms with van der Waals surface area (Å²) in [5.74, 6) is -2.45. The summed E-state index contributed by atoms with van der Waals surface area (Å²) < 4.78 is 31.7. The van der Waals surface area contributed by atoms with Gasteiger partial charge in [0.05, 0.1) is 6.42 Å². The lowest BCUT2D eigenvalue weighted by Crippen LogP contribution is -2.21. The van der Waals surface area contributed by atoms with E-state index in [-0.39, 0.29) is 11.4 Å². The molecule has 2 unspecified atom stereocenters. The van der Waals surface area contributed by atoms with E-state index in [2.05, 4.69) is 53.8 Å². The Morgan fingerprint density at radius 3 is 2.11 bits per heavy atom. The predicted molar refractivity (Wildman–Crippen MR) is 136 cm³/mol. The van der Waals surface area contributed by atoms with E-state index in [1.807, 2.05) is 48.5 Å². The Morgan fingerprint density at radius 1 is 0.892 bits per heavy atom. The van der Waals surface area contributed by atoms with Gasteiger partial charge < -0.3 is 16.2 Å². The van der Waals surface area contributed by atoms with Crippen LogP contribution in [-0.2, 0) is 21.5 Å². The van der Waals surface area contributed by atoms with Crippen molar-refractivity contribution >= 4 is 28.3 Å². The Hall–Kier alpha value is -4.17. The van der Waals surface area contributed by atoms with Crippen molar-refractivity contribution in [2.45, 2.75) is 30.5 Å². The number of anilines is 1. The number of carbonyl (C=O) groups is 2. The molecule has 1 aliphatic rings. The molecule has 5 nitrogen and oxygen atoms in total. The summed E-state index contributed by atoms with van der Waals surface area (Å²) in [5.41, 5.74) is 10.6. The molecule has 1 fully saturated rings. The summed E-state index contributed by atoms with van der Waals surface area (Å²) >= 11 is 0. The maximum absolute atomic E-state index is 12.5. The van der Waals surface area contributed by atoms with Crippen molar-refractivity contribution in [1.29, 1.82) is 0 Å². The lowest BCUT2D eigenvalue weighted by atomic mass is 9.99. The molecular weight excluding hydrogens is 481 g/mol. The van der Waals surface area contributed by atoms with Crippen LogP contribution in [0.1, 0.15) is 29.0 Å². The molecule has 37 heavy (non-hydrogen) atoms. The van der Waals surface area contributed by atoms with Gasteiger partial charge in [0.1, 0.15) is 0 Å². The maximum atomic E-state index is 12.5. The topological polar surface area (TPSA) is 92.4 Å². The molecule has 4 aromatic rings. The Kier molecular flexibility index (Phi) is 7.31. The predicted octanol–water partition coefficient (Wildman–Crippen LogP) is 6.00. The van der Waals surface area contributed by atoms with E-state index in [9.17, 15) is 18.0 Å². The molecule has 8 heteroatoms. The average Bonchev–Trinajstić information content (AvgIpc) is 3.57. The highest BCUT2D eigenvalue weighted by atomic mass is 19.4. The van der Waals surface area contributed by atoms with Crippen LogP contribution in [0.4, 0.5) is 18.9 Å². The molecule has 5 rings (SSSR count). The van der Waals surface area contributed by atoms with E-state index in [1.165, 1.54) is 16.5 Å². The smallest absolute Gasteiger partial charge is 0.475 e. The number of hydrogen-bond acceptors (Lipinski definition) is 3. The molecule has 2 atom stereocenters. The van der Waals surface area contributed by atoms with E-state index in [4.69, 9.17) is 15.6 Å². The molecule has 0 aliphatic heterocycles. The van der Waals surface area contributed by atoms with Crippen molar-refractivity contribution in [1.82, 2.24) is 0 Å². The molecule has 4 N–H and O–H groups in total. The second-order valence-corrected chi connectivity index (χ2v) is 8.99. The SMILES string of the molecule is NC1(c2ccccc2)CC1c1ccc(NC(=O)Cc2ccc3ccccc3c2)cc1.O=C(O)C(F)(F)F. The zero-order chi connectivity index (χ0) is 26.6. The summed E-state index contributed by atoms with van der Waals surface area (Å²) in [4.78, 5) is 21.4. The number of alkyl halides is 3. The number of nitrogens with one attached hydrogen (secondary N) is 1. The van der Waals surface area contributed by atoms with Crippen molar-refractivity contribution < 1.29 is 27.9 Å². The van der Waals surface area contributed by atoms with Gasteiger partial charge in [-0.25, -0.2) is 4.79 Å². The first-order valence-electron chi connectivity index (χ1n) is 11.6. The minimum atomic E-state index is -5.08.